The van der Waals surface area contributed by atoms with E-state index in [1.54, 1.807) is 11.3 Å². The fraction of sp³-hybridized carbons (Fsp3) is 0.357. The first-order chi connectivity index (χ1) is 8.78. The Bertz CT molecular complexity index is 470. The summed E-state index contributed by atoms with van der Waals surface area (Å²) >= 11 is 1.65. The van der Waals surface area contributed by atoms with Crippen molar-refractivity contribution in [1.29, 1.82) is 0 Å². The molecule has 0 radical (unpaired) electrons. The van der Waals surface area contributed by atoms with E-state index >= 15 is 0 Å². The fourth-order valence-electron chi connectivity index (χ4n) is 1.82. The first-order valence-electron chi connectivity index (χ1n) is 6.07. The van der Waals surface area contributed by atoms with Gasteiger partial charge >= 0.3 is 0 Å². The van der Waals surface area contributed by atoms with Gasteiger partial charge < -0.3 is 10.4 Å². The van der Waals surface area contributed by atoms with Gasteiger partial charge in [-0.05, 0) is 18.9 Å². The molecule has 1 atom stereocenters. The molecule has 0 saturated heterocycles. The maximum absolute atomic E-state index is 9.39. The molecule has 1 heterocycles. The molecule has 1 unspecified atom stereocenters. The van der Waals surface area contributed by atoms with Crippen LogP contribution in [-0.4, -0.2) is 22.7 Å². The molecule has 1 aromatic carbocycles. The summed E-state index contributed by atoms with van der Waals surface area (Å²) in [4.78, 5) is 4.40. The third-order valence-electron chi connectivity index (χ3n) is 2.75. The van der Waals surface area contributed by atoms with Crippen molar-refractivity contribution in [3.05, 3.63) is 52.0 Å². The van der Waals surface area contributed by atoms with Gasteiger partial charge in [0, 0.05) is 23.7 Å². The zero-order valence-corrected chi connectivity index (χ0v) is 11.3. The highest BCUT2D eigenvalue weighted by atomic mass is 32.1. The maximum atomic E-state index is 9.39. The predicted octanol–water partition coefficient (Wildman–Crippen LogP) is 2.14. The molecule has 2 N–H and O–H groups in total. The van der Waals surface area contributed by atoms with Crippen molar-refractivity contribution in [3.63, 3.8) is 0 Å². The smallest absolute Gasteiger partial charge is 0.107 e. The van der Waals surface area contributed by atoms with Crippen molar-refractivity contribution in [2.45, 2.75) is 25.9 Å². The zero-order valence-electron chi connectivity index (χ0n) is 10.5. The number of aromatic nitrogens is 1. The van der Waals surface area contributed by atoms with Gasteiger partial charge in [0.15, 0.2) is 0 Å². The zero-order chi connectivity index (χ0) is 12.8. The Labute approximate surface area is 112 Å². The molecule has 0 amide bonds. The number of aliphatic hydroxyl groups is 1. The van der Waals surface area contributed by atoms with Crippen LogP contribution < -0.4 is 5.32 Å². The fourth-order valence-corrected chi connectivity index (χ4v) is 2.54. The van der Waals surface area contributed by atoms with Gasteiger partial charge in [-0.25, -0.2) is 4.98 Å². The van der Waals surface area contributed by atoms with Crippen LogP contribution in [0.25, 0.3) is 0 Å². The Morgan fingerprint density at radius 1 is 1.33 bits per heavy atom. The number of nitrogens with zero attached hydrogens (tertiary/aromatic N) is 1. The lowest BCUT2D eigenvalue weighted by Crippen LogP contribution is -2.34. The Hall–Kier alpha value is -1.23. The van der Waals surface area contributed by atoms with Gasteiger partial charge in [-0.2, -0.15) is 0 Å². The van der Waals surface area contributed by atoms with E-state index in [-0.39, 0.29) is 12.6 Å². The third kappa shape index (κ3) is 3.91. The number of aliphatic hydroxyl groups excluding tert-OH is 1. The van der Waals surface area contributed by atoms with E-state index in [1.807, 2.05) is 30.5 Å². The lowest BCUT2D eigenvalue weighted by atomic mass is 10.1. The number of hydrogen-bond acceptors (Lipinski definition) is 4. The van der Waals surface area contributed by atoms with Gasteiger partial charge in [-0.1, -0.05) is 30.3 Å². The van der Waals surface area contributed by atoms with Crippen molar-refractivity contribution < 1.29 is 5.11 Å². The van der Waals surface area contributed by atoms with E-state index in [1.165, 1.54) is 5.56 Å². The summed E-state index contributed by atoms with van der Waals surface area (Å²) < 4.78 is 0. The molecule has 0 aliphatic carbocycles. The van der Waals surface area contributed by atoms with Crippen LogP contribution in [0.3, 0.4) is 0 Å². The summed E-state index contributed by atoms with van der Waals surface area (Å²) in [6, 6.07) is 10.3. The van der Waals surface area contributed by atoms with Gasteiger partial charge in [0.1, 0.15) is 5.01 Å². The number of aryl methyl sites for hydroxylation is 1. The molecule has 4 heteroatoms. The second kappa shape index (κ2) is 6.64. The number of nitrogens with one attached hydrogen (secondary N) is 1. The quantitative estimate of drug-likeness (QED) is 0.838. The third-order valence-corrected chi connectivity index (χ3v) is 3.72. The summed E-state index contributed by atoms with van der Waals surface area (Å²) in [5.41, 5.74) is 2.29. The van der Waals surface area contributed by atoms with E-state index < -0.39 is 0 Å². The van der Waals surface area contributed by atoms with Crippen LogP contribution in [0.5, 0.6) is 0 Å². The van der Waals surface area contributed by atoms with Crippen molar-refractivity contribution in [3.8, 4) is 0 Å². The Morgan fingerprint density at radius 3 is 2.72 bits per heavy atom. The first-order valence-corrected chi connectivity index (χ1v) is 6.95. The molecule has 96 valence electrons. The maximum Gasteiger partial charge on any atom is 0.107 e. The SMILES string of the molecule is Cc1csc(CNC(CO)Cc2ccccc2)n1. The number of thiazole rings is 1. The van der Waals surface area contributed by atoms with Crippen molar-refractivity contribution in [1.82, 2.24) is 10.3 Å². The van der Waals surface area contributed by atoms with Crippen LogP contribution in [0, 0.1) is 6.92 Å². The van der Waals surface area contributed by atoms with Crippen molar-refractivity contribution in [2.24, 2.45) is 0 Å². The average Bonchev–Trinajstić information content (AvgIpc) is 2.81. The first kappa shape index (κ1) is 13.2. The Balaban J connectivity index is 1.86. The lowest BCUT2D eigenvalue weighted by Gasteiger charge is -2.15. The van der Waals surface area contributed by atoms with Crippen LogP contribution in [0.4, 0.5) is 0 Å². The predicted molar refractivity (Wildman–Crippen MR) is 74.7 cm³/mol. The van der Waals surface area contributed by atoms with Crippen LogP contribution in [0.15, 0.2) is 35.7 Å². The molecule has 0 aliphatic heterocycles. The van der Waals surface area contributed by atoms with Gasteiger partial charge in [0.25, 0.3) is 0 Å². The van der Waals surface area contributed by atoms with Crippen LogP contribution >= 0.6 is 11.3 Å². The topological polar surface area (TPSA) is 45.1 Å². The second-order valence-electron chi connectivity index (χ2n) is 4.33. The minimum atomic E-state index is 0.0802. The molecule has 0 saturated carbocycles. The molecule has 0 bridgehead atoms. The van der Waals surface area contributed by atoms with E-state index in [0.29, 0.717) is 0 Å². The molecule has 0 fully saturated rings. The van der Waals surface area contributed by atoms with Gasteiger partial charge in [0.05, 0.1) is 6.61 Å². The summed E-state index contributed by atoms with van der Waals surface area (Å²) in [6.45, 7) is 2.85. The normalized spacial score (nSPS) is 12.6. The number of rotatable bonds is 6. The molecule has 2 aromatic rings. The monoisotopic (exact) mass is 262 g/mol. The summed E-state index contributed by atoms with van der Waals surface area (Å²) in [5, 5.41) is 15.8. The summed E-state index contributed by atoms with van der Waals surface area (Å²) in [6.07, 6.45) is 0.835. The molecular formula is C14H18N2OS. The number of benzene rings is 1. The minimum absolute atomic E-state index is 0.0802. The Morgan fingerprint density at radius 2 is 2.11 bits per heavy atom. The standard InChI is InChI=1S/C14H18N2OS/c1-11-10-18-14(16-11)8-15-13(9-17)7-12-5-3-2-4-6-12/h2-6,10,13,15,17H,7-9H2,1H3. The van der Waals surface area contributed by atoms with Crippen molar-refractivity contribution in [2.75, 3.05) is 6.61 Å². The average molecular weight is 262 g/mol. The van der Waals surface area contributed by atoms with E-state index in [0.717, 1.165) is 23.7 Å². The lowest BCUT2D eigenvalue weighted by molar-refractivity contribution is 0.240. The summed E-state index contributed by atoms with van der Waals surface area (Å²) in [7, 11) is 0. The van der Waals surface area contributed by atoms with Crippen LogP contribution in [0.1, 0.15) is 16.3 Å². The molecule has 0 spiro atoms. The van der Waals surface area contributed by atoms with Gasteiger partial charge in [0.2, 0.25) is 0 Å². The Kier molecular flexibility index (Phi) is 4.87. The van der Waals surface area contributed by atoms with Gasteiger partial charge in [-0.3, -0.25) is 0 Å². The minimum Gasteiger partial charge on any atom is -0.395 e. The van der Waals surface area contributed by atoms with E-state index in [4.69, 9.17) is 0 Å². The van der Waals surface area contributed by atoms with Gasteiger partial charge in [-0.15, -0.1) is 11.3 Å². The molecule has 3 nitrogen and oxygen atoms in total. The molecule has 2 rings (SSSR count). The molecular weight excluding hydrogens is 244 g/mol. The second-order valence-corrected chi connectivity index (χ2v) is 5.28. The largest absolute Gasteiger partial charge is 0.395 e. The highest BCUT2D eigenvalue weighted by molar-refractivity contribution is 7.09. The van der Waals surface area contributed by atoms with E-state index in [2.05, 4.69) is 22.4 Å². The highest BCUT2D eigenvalue weighted by Crippen LogP contribution is 2.09. The molecule has 18 heavy (non-hydrogen) atoms. The van der Waals surface area contributed by atoms with E-state index in [9.17, 15) is 5.11 Å². The van der Waals surface area contributed by atoms with Crippen LogP contribution in [0.2, 0.25) is 0 Å². The van der Waals surface area contributed by atoms with Crippen molar-refractivity contribution >= 4 is 11.3 Å². The van der Waals surface area contributed by atoms with Crippen LogP contribution in [-0.2, 0) is 13.0 Å². The molecule has 0 aliphatic rings. The summed E-state index contributed by atoms with van der Waals surface area (Å²) in [5.74, 6) is 0. The molecule has 1 aromatic heterocycles. The highest BCUT2D eigenvalue weighted by Gasteiger charge is 2.08. The number of hydrogen-bond donors (Lipinski definition) is 2.